The van der Waals surface area contributed by atoms with Crippen molar-refractivity contribution < 1.29 is 0 Å². The van der Waals surface area contributed by atoms with Gasteiger partial charge in [0.25, 0.3) is 0 Å². The Labute approximate surface area is 88.3 Å². The van der Waals surface area contributed by atoms with Crippen molar-refractivity contribution in [2.24, 2.45) is 11.1 Å². The highest BCUT2D eigenvalue weighted by molar-refractivity contribution is 6.30. The quantitative estimate of drug-likeness (QED) is 0.809. The maximum atomic E-state index is 8.99. The van der Waals surface area contributed by atoms with Gasteiger partial charge in [0.1, 0.15) is 0 Å². The molecule has 72 valence electrons. The van der Waals surface area contributed by atoms with Gasteiger partial charge in [-0.1, -0.05) is 23.7 Å². The van der Waals surface area contributed by atoms with Crippen LogP contribution in [0.15, 0.2) is 24.3 Å². The van der Waals surface area contributed by atoms with E-state index in [0.717, 1.165) is 18.4 Å². The molecule has 0 heterocycles. The predicted molar refractivity (Wildman–Crippen MR) is 55.7 cm³/mol. The Kier molecular flexibility index (Phi) is 2.22. The molecule has 0 radical (unpaired) electrons. The Bertz CT molecular complexity index is 373. The number of hydrogen-bond acceptors (Lipinski definition) is 2. The summed E-state index contributed by atoms with van der Waals surface area (Å²) in [6, 6.07) is 9.54. The molecule has 14 heavy (non-hydrogen) atoms. The lowest BCUT2D eigenvalue weighted by atomic mass is 9.92. The Morgan fingerprint density at radius 2 is 1.93 bits per heavy atom. The third kappa shape index (κ3) is 1.50. The minimum Gasteiger partial charge on any atom is -0.323 e. The van der Waals surface area contributed by atoms with Crippen LogP contribution in [0.2, 0.25) is 5.02 Å². The van der Waals surface area contributed by atoms with E-state index in [4.69, 9.17) is 22.6 Å². The third-order valence-corrected chi connectivity index (χ3v) is 3.09. The van der Waals surface area contributed by atoms with Crippen LogP contribution in [0.25, 0.3) is 0 Å². The van der Waals surface area contributed by atoms with Gasteiger partial charge in [0, 0.05) is 11.1 Å². The number of nitrogens with zero attached hydrogens (tertiary/aromatic N) is 1. The van der Waals surface area contributed by atoms with Crippen LogP contribution in [0.3, 0.4) is 0 Å². The molecule has 1 unspecified atom stereocenters. The Morgan fingerprint density at radius 3 is 2.36 bits per heavy atom. The molecule has 1 atom stereocenters. The van der Waals surface area contributed by atoms with Crippen LogP contribution in [0.5, 0.6) is 0 Å². The van der Waals surface area contributed by atoms with Crippen LogP contribution < -0.4 is 5.73 Å². The molecule has 1 fully saturated rings. The molecule has 0 bridgehead atoms. The molecule has 0 spiro atoms. The van der Waals surface area contributed by atoms with Crippen LogP contribution in [-0.4, -0.2) is 0 Å². The molecule has 0 aromatic heterocycles. The smallest absolute Gasteiger partial charge is 0.0767 e. The van der Waals surface area contributed by atoms with Gasteiger partial charge in [-0.05, 0) is 30.5 Å². The zero-order valence-corrected chi connectivity index (χ0v) is 8.46. The molecule has 2 nitrogen and oxygen atoms in total. The molecular formula is C11H11ClN2. The lowest BCUT2D eigenvalue weighted by Crippen LogP contribution is -2.21. The fourth-order valence-corrected chi connectivity index (χ4v) is 1.74. The monoisotopic (exact) mass is 206 g/mol. The van der Waals surface area contributed by atoms with Crippen LogP contribution >= 0.6 is 11.6 Å². The summed E-state index contributed by atoms with van der Waals surface area (Å²) in [6.45, 7) is 0. The van der Waals surface area contributed by atoms with E-state index in [-0.39, 0.29) is 11.5 Å². The van der Waals surface area contributed by atoms with E-state index in [0.29, 0.717) is 5.02 Å². The topological polar surface area (TPSA) is 49.8 Å². The van der Waals surface area contributed by atoms with Crippen molar-refractivity contribution in [2.45, 2.75) is 18.9 Å². The normalized spacial score (nSPS) is 19.8. The number of benzene rings is 1. The van der Waals surface area contributed by atoms with Gasteiger partial charge in [0.05, 0.1) is 11.5 Å². The lowest BCUT2D eigenvalue weighted by molar-refractivity contribution is 0.519. The molecule has 0 saturated heterocycles. The van der Waals surface area contributed by atoms with Crippen molar-refractivity contribution in [1.82, 2.24) is 0 Å². The van der Waals surface area contributed by atoms with E-state index in [2.05, 4.69) is 6.07 Å². The van der Waals surface area contributed by atoms with Gasteiger partial charge in [-0.25, -0.2) is 0 Å². The minimum absolute atomic E-state index is 0.176. The minimum atomic E-state index is -0.312. The largest absolute Gasteiger partial charge is 0.323 e. The first-order valence-corrected chi connectivity index (χ1v) is 4.98. The van der Waals surface area contributed by atoms with E-state index < -0.39 is 0 Å². The van der Waals surface area contributed by atoms with Gasteiger partial charge in [-0.3, -0.25) is 0 Å². The molecule has 2 rings (SSSR count). The standard InChI is InChI=1S/C11H11ClN2/c12-9-3-1-8(2-4-9)10(14)11(7-13)5-6-11/h1-4,10H,5-6,14H2. The van der Waals surface area contributed by atoms with E-state index >= 15 is 0 Å². The predicted octanol–water partition coefficient (Wildman–Crippen LogP) is 2.64. The number of rotatable bonds is 2. The molecule has 1 aromatic rings. The summed E-state index contributed by atoms with van der Waals surface area (Å²) in [4.78, 5) is 0. The second-order valence-corrected chi connectivity index (χ2v) is 4.23. The first-order chi connectivity index (χ1) is 6.68. The average Bonchev–Trinajstić information content (AvgIpc) is 2.99. The van der Waals surface area contributed by atoms with E-state index in [9.17, 15) is 0 Å². The summed E-state index contributed by atoms with van der Waals surface area (Å²) in [5.74, 6) is 0. The van der Waals surface area contributed by atoms with E-state index in [1.807, 2.05) is 24.3 Å². The SMILES string of the molecule is N#CC1(C(N)c2ccc(Cl)cc2)CC1. The second kappa shape index (κ2) is 3.27. The summed E-state index contributed by atoms with van der Waals surface area (Å²) < 4.78 is 0. The second-order valence-electron chi connectivity index (χ2n) is 3.80. The summed E-state index contributed by atoms with van der Waals surface area (Å²) >= 11 is 5.77. The fraction of sp³-hybridized carbons (Fsp3) is 0.364. The number of nitriles is 1. The van der Waals surface area contributed by atoms with Crippen molar-refractivity contribution in [3.8, 4) is 6.07 Å². The van der Waals surface area contributed by atoms with Gasteiger partial charge in [0.2, 0.25) is 0 Å². The first kappa shape index (κ1) is 9.51. The number of nitrogens with two attached hydrogens (primary N) is 1. The van der Waals surface area contributed by atoms with E-state index in [1.54, 1.807) is 0 Å². The molecule has 3 heteroatoms. The highest BCUT2D eigenvalue weighted by atomic mass is 35.5. The molecule has 2 N–H and O–H groups in total. The van der Waals surface area contributed by atoms with Gasteiger partial charge in [0.15, 0.2) is 0 Å². The van der Waals surface area contributed by atoms with Crippen molar-refractivity contribution in [1.29, 1.82) is 5.26 Å². The molecule has 0 aliphatic heterocycles. The summed E-state index contributed by atoms with van der Waals surface area (Å²) in [5.41, 5.74) is 6.71. The first-order valence-electron chi connectivity index (χ1n) is 4.60. The Morgan fingerprint density at radius 1 is 1.36 bits per heavy atom. The third-order valence-electron chi connectivity index (χ3n) is 2.84. The Hall–Kier alpha value is -1.04. The maximum absolute atomic E-state index is 8.99. The maximum Gasteiger partial charge on any atom is 0.0767 e. The van der Waals surface area contributed by atoms with Gasteiger partial charge >= 0.3 is 0 Å². The highest BCUT2D eigenvalue weighted by Crippen LogP contribution is 2.53. The molecule has 0 amide bonds. The summed E-state index contributed by atoms with van der Waals surface area (Å²) in [5, 5.41) is 9.68. The number of hydrogen-bond donors (Lipinski definition) is 1. The van der Waals surface area contributed by atoms with Gasteiger partial charge < -0.3 is 5.73 Å². The van der Waals surface area contributed by atoms with Gasteiger partial charge in [-0.2, -0.15) is 5.26 Å². The van der Waals surface area contributed by atoms with Gasteiger partial charge in [-0.15, -0.1) is 0 Å². The van der Waals surface area contributed by atoms with Crippen molar-refractivity contribution in [2.75, 3.05) is 0 Å². The fourth-order valence-electron chi connectivity index (χ4n) is 1.62. The summed E-state index contributed by atoms with van der Waals surface area (Å²) in [6.07, 6.45) is 1.82. The molecule has 1 aromatic carbocycles. The zero-order valence-electron chi connectivity index (χ0n) is 7.70. The van der Waals surface area contributed by atoms with Crippen molar-refractivity contribution in [3.05, 3.63) is 34.9 Å². The van der Waals surface area contributed by atoms with Crippen molar-refractivity contribution >= 4 is 11.6 Å². The molecule has 1 saturated carbocycles. The summed E-state index contributed by atoms with van der Waals surface area (Å²) in [7, 11) is 0. The molecule has 1 aliphatic carbocycles. The highest BCUT2D eigenvalue weighted by Gasteiger charge is 2.49. The lowest BCUT2D eigenvalue weighted by Gasteiger charge is -2.16. The zero-order chi connectivity index (χ0) is 10.2. The van der Waals surface area contributed by atoms with Crippen LogP contribution in [0.1, 0.15) is 24.4 Å². The average molecular weight is 207 g/mol. The van der Waals surface area contributed by atoms with Crippen LogP contribution in [-0.2, 0) is 0 Å². The number of halogens is 1. The Balaban J connectivity index is 2.24. The van der Waals surface area contributed by atoms with Crippen molar-refractivity contribution in [3.63, 3.8) is 0 Å². The molecular weight excluding hydrogens is 196 g/mol. The molecule has 1 aliphatic rings. The van der Waals surface area contributed by atoms with Crippen LogP contribution in [0.4, 0.5) is 0 Å². The van der Waals surface area contributed by atoms with E-state index in [1.165, 1.54) is 0 Å². The van der Waals surface area contributed by atoms with Crippen LogP contribution in [0, 0.1) is 16.7 Å².